The highest BCUT2D eigenvalue weighted by molar-refractivity contribution is 5.92. The van der Waals surface area contributed by atoms with Crippen molar-refractivity contribution in [3.05, 3.63) is 89.5 Å². The normalized spacial score (nSPS) is 14.4. The molecule has 1 amide bonds. The van der Waals surface area contributed by atoms with E-state index in [1.54, 1.807) is 29.4 Å². The van der Waals surface area contributed by atoms with Crippen LogP contribution in [0.15, 0.2) is 78.2 Å². The zero-order valence-electron chi connectivity index (χ0n) is 18.0. The molecule has 33 heavy (non-hydrogen) atoms. The zero-order chi connectivity index (χ0) is 22.6. The quantitative estimate of drug-likeness (QED) is 0.472. The molecule has 0 radical (unpaired) electrons. The molecule has 1 aromatic carbocycles. The Morgan fingerprint density at radius 1 is 1.03 bits per heavy atom. The van der Waals surface area contributed by atoms with Crippen molar-refractivity contribution in [1.29, 1.82) is 0 Å². The number of aromatic nitrogens is 6. The van der Waals surface area contributed by atoms with Gasteiger partial charge in [-0.05, 0) is 43.0 Å². The molecule has 0 bridgehead atoms. The predicted molar refractivity (Wildman–Crippen MR) is 122 cm³/mol. The van der Waals surface area contributed by atoms with Gasteiger partial charge >= 0.3 is 0 Å². The maximum atomic E-state index is 12.9. The van der Waals surface area contributed by atoms with E-state index in [1.807, 2.05) is 47.4 Å². The van der Waals surface area contributed by atoms with Gasteiger partial charge < -0.3 is 4.90 Å². The van der Waals surface area contributed by atoms with Crippen LogP contribution in [0.5, 0.6) is 0 Å². The number of hydrogen-bond donors (Lipinski definition) is 0. The third kappa shape index (κ3) is 4.57. The molecule has 0 atom stereocenters. The van der Waals surface area contributed by atoms with Crippen LogP contribution < -0.4 is 5.56 Å². The average molecular weight is 441 g/mol. The Bertz CT molecular complexity index is 1290. The molecule has 0 N–H and O–H groups in total. The lowest BCUT2D eigenvalue weighted by molar-refractivity contribution is 0.0676. The standard InChI is InChI=1S/C24H23N7O2/c32-23-13-21(19-5-4-10-25-14-19)26-17-30(23)16-18-8-11-29(12-9-18)24(33)22-15-27-31(28-22)20-6-2-1-3-7-20/h1-7,10,13-15,17-18H,8-9,11-12,16H2. The fourth-order valence-electron chi connectivity index (χ4n) is 4.04. The summed E-state index contributed by atoms with van der Waals surface area (Å²) < 4.78 is 1.65. The Balaban J connectivity index is 1.19. The summed E-state index contributed by atoms with van der Waals surface area (Å²) in [4.78, 5) is 37.2. The molecule has 4 aromatic rings. The van der Waals surface area contributed by atoms with Gasteiger partial charge in [0.05, 0.1) is 23.9 Å². The molecule has 1 fully saturated rings. The van der Waals surface area contributed by atoms with Crippen LogP contribution >= 0.6 is 0 Å². The van der Waals surface area contributed by atoms with E-state index in [4.69, 9.17) is 0 Å². The summed E-state index contributed by atoms with van der Waals surface area (Å²) in [6, 6.07) is 14.7. The Morgan fingerprint density at radius 2 is 1.85 bits per heavy atom. The Morgan fingerprint density at radius 3 is 2.58 bits per heavy atom. The van der Waals surface area contributed by atoms with E-state index in [0.717, 1.165) is 24.1 Å². The van der Waals surface area contributed by atoms with Gasteiger partial charge in [0.15, 0.2) is 5.69 Å². The second-order valence-corrected chi connectivity index (χ2v) is 8.10. The highest BCUT2D eigenvalue weighted by Gasteiger charge is 2.26. The molecule has 4 heterocycles. The minimum atomic E-state index is -0.115. The molecular weight excluding hydrogens is 418 g/mol. The van der Waals surface area contributed by atoms with Crippen LogP contribution in [0.25, 0.3) is 16.9 Å². The van der Waals surface area contributed by atoms with Crippen LogP contribution in [0.1, 0.15) is 23.3 Å². The summed E-state index contributed by atoms with van der Waals surface area (Å²) in [5, 5.41) is 8.56. The monoisotopic (exact) mass is 441 g/mol. The Kier molecular flexibility index (Phi) is 5.75. The van der Waals surface area contributed by atoms with Crippen LogP contribution in [0, 0.1) is 5.92 Å². The molecule has 166 valence electrons. The first kappa shape index (κ1) is 20.7. The third-order valence-electron chi connectivity index (χ3n) is 5.89. The molecule has 1 aliphatic heterocycles. The number of para-hydroxylation sites is 1. The number of piperidine rings is 1. The largest absolute Gasteiger partial charge is 0.337 e. The van der Waals surface area contributed by atoms with E-state index in [2.05, 4.69) is 20.2 Å². The molecule has 0 spiro atoms. The summed E-state index contributed by atoms with van der Waals surface area (Å²) in [6.07, 6.45) is 8.12. The van der Waals surface area contributed by atoms with Crippen LogP contribution in [0.3, 0.4) is 0 Å². The van der Waals surface area contributed by atoms with Gasteiger partial charge in [0.1, 0.15) is 0 Å². The van der Waals surface area contributed by atoms with E-state index in [9.17, 15) is 9.59 Å². The first-order valence-electron chi connectivity index (χ1n) is 10.9. The number of pyridine rings is 1. The van der Waals surface area contributed by atoms with Crippen molar-refractivity contribution >= 4 is 5.91 Å². The smallest absolute Gasteiger partial charge is 0.276 e. The fraction of sp³-hybridized carbons (Fsp3) is 0.250. The van der Waals surface area contributed by atoms with Gasteiger partial charge in [0.2, 0.25) is 0 Å². The number of carbonyl (C=O) groups is 1. The molecule has 0 saturated carbocycles. The summed E-state index contributed by atoms with van der Waals surface area (Å²) in [5.41, 5.74) is 2.50. The number of hydrogen-bond acceptors (Lipinski definition) is 6. The maximum absolute atomic E-state index is 12.9. The van der Waals surface area contributed by atoms with Gasteiger partial charge in [-0.3, -0.25) is 19.1 Å². The lowest BCUT2D eigenvalue weighted by Crippen LogP contribution is -2.40. The van der Waals surface area contributed by atoms with E-state index in [-0.39, 0.29) is 11.5 Å². The summed E-state index contributed by atoms with van der Waals surface area (Å²) in [5.74, 6) is 0.188. The van der Waals surface area contributed by atoms with Gasteiger partial charge in [0.25, 0.3) is 11.5 Å². The van der Waals surface area contributed by atoms with Gasteiger partial charge in [0, 0.05) is 43.7 Å². The number of amides is 1. The summed E-state index contributed by atoms with van der Waals surface area (Å²) in [6.45, 7) is 1.83. The van der Waals surface area contributed by atoms with Crippen molar-refractivity contribution in [3.63, 3.8) is 0 Å². The lowest BCUT2D eigenvalue weighted by Gasteiger charge is -2.31. The number of carbonyl (C=O) groups excluding carboxylic acids is 1. The molecular formula is C24H23N7O2. The topological polar surface area (TPSA) is 98.8 Å². The van der Waals surface area contributed by atoms with Crippen molar-refractivity contribution in [2.75, 3.05) is 13.1 Å². The van der Waals surface area contributed by atoms with Crippen LogP contribution in [-0.2, 0) is 6.54 Å². The Labute approximate surface area is 190 Å². The number of likely N-dealkylation sites (tertiary alicyclic amines) is 1. The predicted octanol–water partition coefficient (Wildman–Crippen LogP) is 2.44. The maximum Gasteiger partial charge on any atom is 0.276 e. The number of rotatable bonds is 5. The third-order valence-corrected chi connectivity index (χ3v) is 5.89. The van der Waals surface area contributed by atoms with E-state index >= 15 is 0 Å². The van der Waals surface area contributed by atoms with Crippen molar-refractivity contribution in [3.8, 4) is 16.9 Å². The van der Waals surface area contributed by atoms with Crippen molar-refractivity contribution < 1.29 is 4.79 Å². The second kappa shape index (κ2) is 9.15. The first-order valence-corrected chi connectivity index (χ1v) is 10.9. The highest BCUT2D eigenvalue weighted by atomic mass is 16.2. The Hall–Kier alpha value is -4.14. The van der Waals surface area contributed by atoms with Crippen LogP contribution in [0.4, 0.5) is 0 Å². The van der Waals surface area contributed by atoms with Gasteiger partial charge in [-0.25, -0.2) is 4.98 Å². The van der Waals surface area contributed by atoms with Gasteiger partial charge in [-0.1, -0.05) is 18.2 Å². The molecule has 5 rings (SSSR count). The van der Waals surface area contributed by atoms with E-state index in [1.165, 1.54) is 11.0 Å². The molecule has 1 aliphatic rings. The summed E-state index contributed by atoms with van der Waals surface area (Å²) in [7, 11) is 0. The molecule has 9 nitrogen and oxygen atoms in total. The molecule has 0 aliphatic carbocycles. The SMILES string of the molecule is O=C(c1cnn(-c2ccccc2)n1)N1CCC(Cn2cnc(-c3cccnc3)cc2=O)CC1. The fourth-order valence-corrected chi connectivity index (χ4v) is 4.04. The summed E-state index contributed by atoms with van der Waals surface area (Å²) >= 11 is 0. The second-order valence-electron chi connectivity index (χ2n) is 8.10. The van der Waals surface area contributed by atoms with Gasteiger partial charge in [-0.15, -0.1) is 5.10 Å². The highest BCUT2D eigenvalue weighted by Crippen LogP contribution is 2.20. The molecule has 0 unspecified atom stereocenters. The van der Waals surface area contributed by atoms with Crippen molar-refractivity contribution in [2.24, 2.45) is 5.92 Å². The number of nitrogens with zero attached hydrogens (tertiary/aromatic N) is 7. The molecule has 1 saturated heterocycles. The zero-order valence-corrected chi connectivity index (χ0v) is 18.0. The lowest BCUT2D eigenvalue weighted by atomic mass is 9.96. The van der Waals surface area contributed by atoms with Gasteiger partial charge in [-0.2, -0.15) is 9.90 Å². The minimum Gasteiger partial charge on any atom is -0.337 e. The van der Waals surface area contributed by atoms with E-state index in [0.29, 0.717) is 36.9 Å². The van der Waals surface area contributed by atoms with Crippen LogP contribution in [-0.4, -0.2) is 53.4 Å². The van der Waals surface area contributed by atoms with E-state index < -0.39 is 0 Å². The van der Waals surface area contributed by atoms with Crippen molar-refractivity contribution in [2.45, 2.75) is 19.4 Å². The molecule has 9 heteroatoms. The number of benzene rings is 1. The first-order chi connectivity index (χ1) is 16.2. The minimum absolute atomic E-state index is 0.0834. The van der Waals surface area contributed by atoms with Crippen molar-refractivity contribution in [1.82, 2.24) is 34.4 Å². The molecule has 3 aromatic heterocycles. The average Bonchev–Trinajstić information content (AvgIpc) is 3.37. The van der Waals surface area contributed by atoms with Crippen LogP contribution in [0.2, 0.25) is 0 Å².